The van der Waals surface area contributed by atoms with Gasteiger partial charge in [-0.15, -0.1) is 0 Å². The van der Waals surface area contributed by atoms with Gasteiger partial charge in [0, 0.05) is 6.42 Å². The molecule has 0 spiro atoms. The summed E-state index contributed by atoms with van der Waals surface area (Å²) < 4.78 is 30.7. The van der Waals surface area contributed by atoms with Gasteiger partial charge in [-0.25, -0.2) is 0 Å². The maximum atomic E-state index is 10.9. The standard InChI is InChI=1S/C14H17NO5S/c1-14(10-15,9-7-13(16)17)8-6-11-2-4-12(5-3-11)21(18,19)20/h2-5H,6-9H2,1H3,(H,16,17)(H,18,19,20). The van der Waals surface area contributed by atoms with Crippen LogP contribution < -0.4 is 0 Å². The zero-order valence-electron chi connectivity index (χ0n) is 11.6. The molecule has 0 heterocycles. The van der Waals surface area contributed by atoms with E-state index >= 15 is 0 Å². The van der Waals surface area contributed by atoms with Crippen LogP contribution >= 0.6 is 0 Å². The third-order valence-electron chi connectivity index (χ3n) is 3.35. The Morgan fingerprint density at radius 1 is 1.29 bits per heavy atom. The molecule has 0 aromatic heterocycles. The third-order valence-corrected chi connectivity index (χ3v) is 4.22. The molecule has 0 amide bonds. The number of hydrogen-bond acceptors (Lipinski definition) is 4. The monoisotopic (exact) mass is 311 g/mol. The fourth-order valence-electron chi connectivity index (χ4n) is 1.87. The van der Waals surface area contributed by atoms with Crippen molar-refractivity contribution in [1.82, 2.24) is 0 Å². The van der Waals surface area contributed by atoms with Crippen molar-refractivity contribution >= 4 is 16.1 Å². The van der Waals surface area contributed by atoms with E-state index in [1.807, 2.05) is 0 Å². The molecule has 0 radical (unpaired) electrons. The van der Waals surface area contributed by atoms with Crippen LogP contribution in [0.3, 0.4) is 0 Å². The molecule has 0 aliphatic rings. The summed E-state index contributed by atoms with van der Waals surface area (Å²) in [5.74, 6) is -0.936. The van der Waals surface area contributed by atoms with Gasteiger partial charge in [-0.3, -0.25) is 9.35 Å². The van der Waals surface area contributed by atoms with Gasteiger partial charge >= 0.3 is 5.97 Å². The Bertz CT molecular complexity index is 645. The predicted octanol–water partition coefficient (Wildman–Crippen LogP) is 2.26. The summed E-state index contributed by atoms with van der Waals surface area (Å²) >= 11 is 0. The van der Waals surface area contributed by atoms with Crippen LogP contribution in [0.4, 0.5) is 0 Å². The highest BCUT2D eigenvalue weighted by molar-refractivity contribution is 7.85. The molecule has 0 fully saturated rings. The molecule has 0 aliphatic carbocycles. The van der Waals surface area contributed by atoms with Crippen molar-refractivity contribution in [3.63, 3.8) is 0 Å². The van der Waals surface area contributed by atoms with Crippen molar-refractivity contribution in [2.24, 2.45) is 5.41 Å². The van der Waals surface area contributed by atoms with Gasteiger partial charge < -0.3 is 5.11 Å². The lowest BCUT2D eigenvalue weighted by molar-refractivity contribution is -0.137. The Labute approximate surface area is 123 Å². The van der Waals surface area contributed by atoms with Gasteiger partial charge in [0.1, 0.15) is 0 Å². The van der Waals surface area contributed by atoms with E-state index in [9.17, 15) is 18.5 Å². The SMILES string of the molecule is CC(C#N)(CCC(=O)O)CCc1ccc(S(=O)(=O)O)cc1. The zero-order valence-corrected chi connectivity index (χ0v) is 12.4. The number of rotatable bonds is 7. The number of nitriles is 1. The van der Waals surface area contributed by atoms with E-state index in [4.69, 9.17) is 9.66 Å². The number of carboxylic acid groups (broad SMARTS) is 1. The molecule has 1 aromatic carbocycles. The lowest BCUT2D eigenvalue weighted by Gasteiger charge is -2.20. The molecular weight excluding hydrogens is 294 g/mol. The summed E-state index contributed by atoms with van der Waals surface area (Å²) in [4.78, 5) is 10.4. The summed E-state index contributed by atoms with van der Waals surface area (Å²) in [6.45, 7) is 1.71. The molecule has 0 saturated heterocycles. The summed E-state index contributed by atoms with van der Waals surface area (Å²) in [6.07, 6.45) is 1.20. The largest absolute Gasteiger partial charge is 0.481 e. The molecule has 1 atom stereocenters. The first-order valence-corrected chi connectivity index (χ1v) is 7.80. The predicted molar refractivity (Wildman–Crippen MR) is 75.2 cm³/mol. The van der Waals surface area contributed by atoms with E-state index in [0.29, 0.717) is 12.8 Å². The van der Waals surface area contributed by atoms with Crippen molar-refractivity contribution in [2.75, 3.05) is 0 Å². The Morgan fingerprint density at radius 2 is 1.86 bits per heavy atom. The first-order chi connectivity index (χ1) is 9.66. The number of aryl methyl sites for hydroxylation is 1. The van der Waals surface area contributed by atoms with Crippen LogP contribution in [0, 0.1) is 16.7 Å². The Morgan fingerprint density at radius 3 is 2.29 bits per heavy atom. The van der Waals surface area contributed by atoms with Crippen LogP contribution in [0.15, 0.2) is 29.2 Å². The lowest BCUT2D eigenvalue weighted by atomic mass is 9.81. The Hall–Kier alpha value is -1.91. The Kier molecular flexibility index (Phi) is 5.47. The second-order valence-corrected chi connectivity index (χ2v) is 6.61. The minimum atomic E-state index is -4.20. The first kappa shape index (κ1) is 17.1. The lowest BCUT2D eigenvalue weighted by Crippen LogP contribution is -2.16. The number of nitrogens with zero attached hydrogens (tertiary/aromatic N) is 1. The quantitative estimate of drug-likeness (QED) is 0.746. The fraction of sp³-hybridized carbons (Fsp3) is 0.429. The molecule has 6 nitrogen and oxygen atoms in total. The van der Waals surface area contributed by atoms with Gasteiger partial charge in [0.15, 0.2) is 0 Å². The average Bonchev–Trinajstić information content (AvgIpc) is 2.42. The van der Waals surface area contributed by atoms with Gasteiger partial charge in [0.25, 0.3) is 10.1 Å². The highest BCUT2D eigenvalue weighted by Crippen LogP contribution is 2.28. The molecule has 2 N–H and O–H groups in total. The topological polar surface area (TPSA) is 115 Å². The highest BCUT2D eigenvalue weighted by Gasteiger charge is 2.24. The molecule has 1 rings (SSSR count). The normalized spacial score (nSPS) is 14.1. The number of aliphatic carboxylic acids is 1. The van der Waals surface area contributed by atoms with Crippen molar-refractivity contribution in [2.45, 2.75) is 37.5 Å². The third kappa shape index (κ3) is 5.53. The van der Waals surface area contributed by atoms with E-state index in [1.54, 1.807) is 19.1 Å². The van der Waals surface area contributed by atoms with Crippen molar-refractivity contribution in [1.29, 1.82) is 5.26 Å². The summed E-state index contributed by atoms with van der Waals surface area (Å²) in [5, 5.41) is 17.8. The van der Waals surface area contributed by atoms with Crippen molar-refractivity contribution in [3.05, 3.63) is 29.8 Å². The average molecular weight is 311 g/mol. The highest BCUT2D eigenvalue weighted by atomic mass is 32.2. The molecule has 7 heteroatoms. The van der Waals surface area contributed by atoms with Gasteiger partial charge in [-0.05, 0) is 43.9 Å². The maximum absolute atomic E-state index is 10.9. The molecule has 0 bridgehead atoms. The summed E-state index contributed by atoms with van der Waals surface area (Å²) in [7, 11) is -4.20. The number of carbonyl (C=O) groups is 1. The number of benzene rings is 1. The number of carboxylic acids is 1. The van der Waals surface area contributed by atoms with E-state index in [-0.39, 0.29) is 17.7 Å². The fourth-order valence-corrected chi connectivity index (χ4v) is 2.35. The first-order valence-electron chi connectivity index (χ1n) is 6.36. The van der Waals surface area contributed by atoms with E-state index in [2.05, 4.69) is 6.07 Å². The minimum absolute atomic E-state index is 0.0637. The molecule has 114 valence electrons. The Balaban J connectivity index is 2.69. The van der Waals surface area contributed by atoms with Crippen LogP contribution in [0.1, 0.15) is 31.7 Å². The van der Waals surface area contributed by atoms with Crippen molar-refractivity contribution < 1.29 is 22.9 Å². The molecular formula is C14H17NO5S. The maximum Gasteiger partial charge on any atom is 0.303 e. The molecule has 1 unspecified atom stereocenters. The van der Waals surface area contributed by atoms with Crippen LogP contribution in [0.2, 0.25) is 0 Å². The molecule has 0 aliphatic heterocycles. The second kappa shape index (κ2) is 6.70. The minimum Gasteiger partial charge on any atom is -0.481 e. The zero-order chi connectivity index (χ0) is 16.1. The smallest absolute Gasteiger partial charge is 0.303 e. The molecule has 1 aromatic rings. The van der Waals surface area contributed by atoms with Crippen LogP contribution in [0.25, 0.3) is 0 Å². The van der Waals surface area contributed by atoms with Crippen molar-refractivity contribution in [3.8, 4) is 6.07 Å². The number of hydrogen-bond donors (Lipinski definition) is 2. The summed E-state index contributed by atoms with van der Waals surface area (Å²) in [6, 6.07) is 7.87. The van der Waals surface area contributed by atoms with Crippen LogP contribution in [-0.4, -0.2) is 24.0 Å². The van der Waals surface area contributed by atoms with Gasteiger partial charge in [-0.2, -0.15) is 13.7 Å². The van der Waals surface area contributed by atoms with Gasteiger partial charge in [0.05, 0.1) is 16.4 Å². The van der Waals surface area contributed by atoms with Crippen LogP contribution in [0.5, 0.6) is 0 Å². The van der Waals surface area contributed by atoms with E-state index in [0.717, 1.165) is 5.56 Å². The van der Waals surface area contributed by atoms with Gasteiger partial charge in [-0.1, -0.05) is 12.1 Å². The molecule has 21 heavy (non-hydrogen) atoms. The van der Waals surface area contributed by atoms with Crippen LogP contribution in [-0.2, 0) is 21.3 Å². The van der Waals surface area contributed by atoms with E-state index < -0.39 is 21.5 Å². The van der Waals surface area contributed by atoms with E-state index in [1.165, 1.54) is 12.1 Å². The second-order valence-electron chi connectivity index (χ2n) is 5.19. The van der Waals surface area contributed by atoms with Gasteiger partial charge in [0.2, 0.25) is 0 Å². The molecule has 0 saturated carbocycles. The summed E-state index contributed by atoms with van der Waals surface area (Å²) in [5.41, 5.74) is 0.0827.